The van der Waals surface area contributed by atoms with E-state index in [1.54, 1.807) is 18.6 Å². The molecular weight excluding hydrogens is 142 g/mol. The summed E-state index contributed by atoms with van der Waals surface area (Å²) in [4.78, 5) is 12.1. The summed E-state index contributed by atoms with van der Waals surface area (Å²) in [6.07, 6.45) is 4.93. The van der Waals surface area contributed by atoms with Crippen LogP contribution in [0.25, 0.3) is 0 Å². The molecule has 0 aromatic carbocycles. The summed E-state index contributed by atoms with van der Waals surface area (Å²) in [7, 11) is 0. The maximum Gasteiger partial charge on any atom is 0.164 e. The van der Waals surface area contributed by atoms with Gasteiger partial charge in [-0.2, -0.15) is 0 Å². The molecule has 1 aromatic heterocycles. The number of hydrazine groups is 1. The lowest BCUT2D eigenvalue weighted by molar-refractivity contribution is 0.727. The Morgan fingerprint density at radius 3 is 3.00 bits per heavy atom. The van der Waals surface area contributed by atoms with Crippen molar-refractivity contribution in [2.45, 2.75) is 0 Å². The maximum atomic E-state index is 4.10. The van der Waals surface area contributed by atoms with Crippen molar-refractivity contribution in [1.29, 1.82) is 0 Å². The van der Waals surface area contributed by atoms with Crippen LogP contribution < -0.4 is 10.9 Å². The molecule has 5 nitrogen and oxygen atoms in total. The van der Waals surface area contributed by atoms with E-state index in [4.69, 9.17) is 0 Å². The molecule has 2 heterocycles. The molecule has 0 bridgehead atoms. The van der Waals surface area contributed by atoms with Crippen molar-refractivity contribution < 1.29 is 0 Å². The first-order chi connectivity index (χ1) is 5.47. The lowest BCUT2D eigenvalue weighted by Gasteiger charge is -1.97. The maximum absolute atomic E-state index is 4.10. The van der Waals surface area contributed by atoms with Gasteiger partial charge in [0.25, 0.3) is 0 Å². The van der Waals surface area contributed by atoms with Crippen molar-refractivity contribution >= 4 is 5.84 Å². The molecule has 1 aliphatic rings. The summed E-state index contributed by atoms with van der Waals surface area (Å²) >= 11 is 0. The largest absolute Gasteiger partial charge is 0.302 e. The normalized spacial score (nSPS) is 15.8. The zero-order valence-electron chi connectivity index (χ0n) is 5.78. The molecule has 11 heavy (non-hydrogen) atoms. The van der Waals surface area contributed by atoms with Gasteiger partial charge in [-0.05, 0) is 0 Å². The highest BCUT2D eigenvalue weighted by atomic mass is 15.5. The molecule has 0 spiro atoms. The van der Waals surface area contributed by atoms with Crippen LogP contribution in [-0.4, -0.2) is 22.5 Å². The minimum atomic E-state index is 0.589. The first kappa shape index (κ1) is 6.23. The van der Waals surface area contributed by atoms with Gasteiger partial charge in [-0.3, -0.25) is 4.98 Å². The average molecular weight is 149 g/mol. The van der Waals surface area contributed by atoms with Crippen molar-refractivity contribution in [3.05, 3.63) is 24.3 Å². The van der Waals surface area contributed by atoms with Crippen LogP contribution in [0.1, 0.15) is 5.69 Å². The van der Waals surface area contributed by atoms with Gasteiger partial charge in [0.2, 0.25) is 0 Å². The van der Waals surface area contributed by atoms with Crippen molar-refractivity contribution in [3.8, 4) is 0 Å². The average Bonchev–Trinajstić information content (AvgIpc) is 2.58. The van der Waals surface area contributed by atoms with E-state index >= 15 is 0 Å². The molecule has 56 valence electrons. The molecule has 5 heteroatoms. The highest BCUT2D eigenvalue weighted by Gasteiger charge is 2.07. The number of aromatic nitrogens is 2. The van der Waals surface area contributed by atoms with E-state index in [2.05, 4.69) is 25.8 Å². The quantitative estimate of drug-likeness (QED) is 0.553. The van der Waals surface area contributed by atoms with E-state index in [1.165, 1.54) is 0 Å². The Kier molecular flexibility index (Phi) is 1.49. The molecule has 0 aliphatic carbocycles. The number of rotatable bonds is 1. The third-order valence-corrected chi connectivity index (χ3v) is 1.33. The highest BCUT2D eigenvalue weighted by Crippen LogP contribution is 1.93. The minimum Gasteiger partial charge on any atom is -0.302 e. The fraction of sp³-hybridized carbons (Fsp3) is 0.167. The Labute approximate surface area is 63.6 Å². The van der Waals surface area contributed by atoms with Gasteiger partial charge < -0.3 is 5.43 Å². The molecule has 0 fully saturated rings. The summed E-state index contributed by atoms with van der Waals surface area (Å²) in [6.45, 7) is 0.589. The van der Waals surface area contributed by atoms with Crippen molar-refractivity contribution in [2.24, 2.45) is 4.99 Å². The predicted octanol–water partition coefficient (Wildman–Crippen LogP) is -0.712. The third-order valence-electron chi connectivity index (χ3n) is 1.33. The van der Waals surface area contributed by atoms with Gasteiger partial charge >= 0.3 is 0 Å². The summed E-state index contributed by atoms with van der Waals surface area (Å²) in [5.74, 6) is 0.748. The summed E-state index contributed by atoms with van der Waals surface area (Å²) in [5.41, 5.74) is 6.48. The molecule has 0 saturated carbocycles. The Morgan fingerprint density at radius 1 is 1.36 bits per heavy atom. The van der Waals surface area contributed by atoms with Gasteiger partial charge in [0.05, 0.1) is 6.20 Å². The van der Waals surface area contributed by atoms with Crippen LogP contribution in [0.4, 0.5) is 0 Å². The van der Waals surface area contributed by atoms with E-state index in [9.17, 15) is 0 Å². The summed E-state index contributed by atoms with van der Waals surface area (Å²) in [6, 6.07) is 0. The minimum absolute atomic E-state index is 0.589. The number of nitrogens with zero attached hydrogens (tertiary/aromatic N) is 3. The van der Waals surface area contributed by atoms with Gasteiger partial charge in [-0.25, -0.2) is 15.4 Å². The van der Waals surface area contributed by atoms with Crippen LogP contribution in [0.3, 0.4) is 0 Å². The predicted molar refractivity (Wildman–Crippen MR) is 39.7 cm³/mol. The van der Waals surface area contributed by atoms with Crippen molar-refractivity contribution in [1.82, 2.24) is 20.8 Å². The van der Waals surface area contributed by atoms with Crippen LogP contribution in [0.15, 0.2) is 23.6 Å². The Hall–Kier alpha value is -1.49. The molecule has 0 atom stereocenters. The molecule has 0 amide bonds. The van der Waals surface area contributed by atoms with Crippen molar-refractivity contribution in [3.63, 3.8) is 0 Å². The number of amidine groups is 1. The van der Waals surface area contributed by atoms with E-state index in [0.717, 1.165) is 11.5 Å². The van der Waals surface area contributed by atoms with E-state index in [-0.39, 0.29) is 0 Å². The van der Waals surface area contributed by atoms with Crippen molar-refractivity contribution in [2.75, 3.05) is 6.67 Å². The molecular formula is C6H7N5. The van der Waals surface area contributed by atoms with Gasteiger partial charge in [-0.1, -0.05) is 0 Å². The molecule has 0 unspecified atom stereocenters. The molecule has 2 rings (SSSR count). The fourth-order valence-electron chi connectivity index (χ4n) is 0.848. The Bertz CT molecular complexity index is 268. The molecule has 2 N–H and O–H groups in total. The zero-order chi connectivity index (χ0) is 7.52. The molecule has 1 aromatic rings. The van der Waals surface area contributed by atoms with Crippen LogP contribution in [0, 0.1) is 0 Å². The number of aliphatic imine (C=N–C) groups is 1. The number of hydrogen-bond acceptors (Lipinski definition) is 5. The second kappa shape index (κ2) is 2.63. The lowest BCUT2D eigenvalue weighted by Crippen LogP contribution is -2.30. The Morgan fingerprint density at radius 2 is 2.36 bits per heavy atom. The molecule has 0 saturated heterocycles. The Balaban J connectivity index is 2.29. The molecule has 0 radical (unpaired) electrons. The second-order valence-electron chi connectivity index (χ2n) is 2.06. The van der Waals surface area contributed by atoms with Gasteiger partial charge in [-0.15, -0.1) is 0 Å². The smallest absolute Gasteiger partial charge is 0.164 e. The van der Waals surface area contributed by atoms with E-state index < -0.39 is 0 Å². The SMILES string of the molecule is c1cnc(C2=NCNN2)cn1. The van der Waals surface area contributed by atoms with Crippen LogP contribution in [-0.2, 0) is 0 Å². The first-order valence-corrected chi connectivity index (χ1v) is 3.26. The van der Waals surface area contributed by atoms with Crippen LogP contribution >= 0.6 is 0 Å². The van der Waals surface area contributed by atoms with E-state index in [0.29, 0.717) is 6.67 Å². The topological polar surface area (TPSA) is 62.2 Å². The zero-order valence-corrected chi connectivity index (χ0v) is 5.78. The van der Waals surface area contributed by atoms with Gasteiger partial charge in [0.15, 0.2) is 5.84 Å². The van der Waals surface area contributed by atoms with Gasteiger partial charge in [0, 0.05) is 12.4 Å². The monoisotopic (exact) mass is 149 g/mol. The number of hydrogen-bond donors (Lipinski definition) is 2. The number of nitrogens with one attached hydrogen (secondary N) is 2. The standard InChI is InChI=1S/C6H7N5/c1-2-8-5(3-7-1)6-9-4-10-11-6/h1-3,10H,4H2,(H,9,11). The van der Waals surface area contributed by atoms with E-state index in [1.807, 2.05) is 0 Å². The van der Waals surface area contributed by atoms with Gasteiger partial charge in [0.1, 0.15) is 12.4 Å². The third kappa shape index (κ3) is 1.18. The highest BCUT2D eigenvalue weighted by molar-refractivity contribution is 5.97. The van der Waals surface area contributed by atoms with Crippen LogP contribution in [0.2, 0.25) is 0 Å². The summed E-state index contributed by atoms with van der Waals surface area (Å²) in [5, 5.41) is 0. The second-order valence-corrected chi connectivity index (χ2v) is 2.06. The first-order valence-electron chi connectivity index (χ1n) is 3.26. The fourth-order valence-corrected chi connectivity index (χ4v) is 0.848. The lowest BCUT2D eigenvalue weighted by atomic mass is 10.4. The summed E-state index contributed by atoms with van der Waals surface area (Å²) < 4.78 is 0. The van der Waals surface area contributed by atoms with Crippen LogP contribution in [0.5, 0.6) is 0 Å². The molecule has 1 aliphatic heterocycles.